The van der Waals surface area contributed by atoms with Gasteiger partial charge in [0.1, 0.15) is 0 Å². The smallest absolute Gasteiger partial charge is 0.249 e. The highest BCUT2D eigenvalue weighted by Crippen LogP contribution is 2.25. The summed E-state index contributed by atoms with van der Waals surface area (Å²) in [6.45, 7) is 6.09. The van der Waals surface area contributed by atoms with E-state index in [1.807, 2.05) is 57.2 Å². The molecule has 0 amide bonds. The molecule has 6 heteroatoms. The van der Waals surface area contributed by atoms with E-state index in [4.69, 9.17) is 11.6 Å². The largest absolute Gasteiger partial charge is 0.339 e. The first-order valence-corrected chi connectivity index (χ1v) is 7.97. The summed E-state index contributed by atoms with van der Waals surface area (Å²) in [6.07, 6.45) is 1.58. The topological polar surface area (TPSA) is 62.7 Å². The van der Waals surface area contributed by atoms with Crippen molar-refractivity contribution in [3.8, 4) is 0 Å². The van der Waals surface area contributed by atoms with Gasteiger partial charge in [0.2, 0.25) is 5.95 Å². The van der Waals surface area contributed by atoms with Crippen LogP contribution in [-0.2, 0) is 0 Å². The van der Waals surface area contributed by atoms with Gasteiger partial charge >= 0.3 is 0 Å². The van der Waals surface area contributed by atoms with E-state index in [0.29, 0.717) is 16.8 Å². The van der Waals surface area contributed by atoms with E-state index in [2.05, 4.69) is 25.8 Å². The fourth-order valence-electron chi connectivity index (χ4n) is 2.41. The van der Waals surface area contributed by atoms with Crippen molar-refractivity contribution in [3.05, 3.63) is 64.3 Å². The van der Waals surface area contributed by atoms with Gasteiger partial charge in [-0.3, -0.25) is 0 Å². The Kier molecular flexibility index (Phi) is 4.62. The zero-order valence-electron chi connectivity index (χ0n) is 13.8. The van der Waals surface area contributed by atoms with Gasteiger partial charge in [-0.15, -0.1) is 5.10 Å². The molecule has 24 heavy (non-hydrogen) atoms. The van der Waals surface area contributed by atoms with Crippen LogP contribution < -0.4 is 10.6 Å². The molecule has 2 N–H and O–H groups in total. The summed E-state index contributed by atoms with van der Waals surface area (Å²) >= 11 is 6.06. The number of benzene rings is 2. The highest BCUT2D eigenvalue weighted by Gasteiger charge is 2.07. The van der Waals surface area contributed by atoms with Crippen LogP contribution in [0.15, 0.2) is 42.6 Å². The van der Waals surface area contributed by atoms with E-state index in [1.165, 1.54) is 0 Å². The van der Waals surface area contributed by atoms with Crippen LogP contribution in [0.3, 0.4) is 0 Å². The minimum atomic E-state index is 0.442. The number of aromatic nitrogens is 3. The minimum absolute atomic E-state index is 0.442. The Morgan fingerprint density at radius 1 is 0.917 bits per heavy atom. The fraction of sp³-hybridized carbons (Fsp3) is 0.167. The Hall–Kier alpha value is -2.66. The Morgan fingerprint density at radius 3 is 2.42 bits per heavy atom. The van der Waals surface area contributed by atoms with E-state index in [-0.39, 0.29) is 0 Å². The maximum atomic E-state index is 6.06. The summed E-state index contributed by atoms with van der Waals surface area (Å²) in [6, 6.07) is 11.8. The molecule has 0 spiro atoms. The molecule has 0 unspecified atom stereocenters. The highest BCUT2D eigenvalue weighted by molar-refractivity contribution is 6.30. The van der Waals surface area contributed by atoms with Crippen LogP contribution in [-0.4, -0.2) is 15.2 Å². The van der Waals surface area contributed by atoms with Gasteiger partial charge in [0.05, 0.1) is 6.20 Å². The number of anilines is 4. The first-order chi connectivity index (χ1) is 11.5. The van der Waals surface area contributed by atoms with Crippen LogP contribution in [0.2, 0.25) is 5.02 Å². The molecule has 0 aliphatic rings. The van der Waals surface area contributed by atoms with E-state index in [1.54, 1.807) is 6.20 Å². The van der Waals surface area contributed by atoms with E-state index in [0.717, 1.165) is 28.1 Å². The normalized spacial score (nSPS) is 10.5. The van der Waals surface area contributed by atoms with Gasteiger partial charge < -0.3 is 10.6 Å². The molecule has 0 bridgehead atoms. The van der Waals surface area contributed by atoms with Crippen LogP contribution >= 0.6 is 11.6 Å². The number of hydrogen-bond donors (Lipinski definition) is 2. The number of aryl methyl sites for hydroxylation is 3. The molecular formula is C18H18ClN5. The van der Waals surface area contributed by atoms with Crippen molar-refractivity contribution in [2.45, 2.75) is 20.8 Å². The molecule has 0 saturated carbocycles. The molecule has 2 aromatic carbocycles. The Morgan fingerprint density at radius 2 is 1.67 bits per heavy atom. The molecule has 1 heterocycles. The first-order valence-electron chi connectivity index (χ1n) is 7.59. The SMILES string of the molecule is Cc1ccc(Cl)cc1Nc1cnnc(Nc2c(C)cccc2C)n1. The predicted molar refractivity (Wildman–Crippen MR) is 98.5 cm³/mol. The third-order valence-electron chi connectivity index (χ3n) is 3.74. The second kappa shape index (κ2) is 6.84. The standard InChI is InChI=1S/C18H18ClN5/c1-11-7-8-14(19)9-15(11)21-16-10-20-24-18(22-16)23-17-12(2)5-4-6-13(17)3/h4-10H,1-3H3,(H2,21,22,23,24). The minimum Gasteiger partial charge on any atom is -0.339 e. The van der Waals surface area contributed by atoms with Gasteiger partial charge in [-0.25, -0.2) is 0 Å². The number of rotatable bonds is 4. The van der Waals surface area contributed by atoms with E-state index < -0.39 is 0 Å². The maximum absolute atomic E-state index is 6.06. The Labute approximate surface area is 146 Å². The molecule has 0 saturated heterocycles. The lowest BCUT2D eigenvalue weighted by atomic mass is 10.1. The van der Waals surface area contributed by atoms with Gasteiger partial charge in [0.25, 0.3) is 0 Å². The van der Waals surface area contributed by atoms with Gasteiger partial charge in [-0.1, -0.05) is 35.9 Å². The highest BCUT2D eigenvalue weighted by atomic mass is 35.5. The fourth-order valence-corrected chi connectivity index (χ4v) is 2.58. The number of nitrogens with one attached hydrogen (secondary N) is 2. The number of hydrogen-bond acceptors (Lipinski definition) is 5. The lowest BCUT2D eigenvalue weighted by Crippen LogP contribution is -2.04. The average Bonchev–Trinajstić information content (AvgIpc) is 2.55. The van der Waals surface area contributed by atoms with Crippen LogP contribution in [0.4, 0.5) is 23.1 Å². The number of para-hydroxylation sites is 1. The molecule has 3 rings (SSSR count). The van der Waals surface area contributed by atoms with Gasteiger partial charge in [0, 0.05) is 16.4 Å². The quantitative estimate of drug-likeness (QED) is 0.705. The van der Waals surface area contributed by atoms with Crippen LogP contribution in [0.25, 0.3) is 0 Å². The summed E-state index contributed by atoms with van der Waals surface area (Å²) in [7, 11) is 0. The lowest BCUT2D eigenvalue weighted by Gasteiger charge is -2.12. The Balaban J connectivity index is 1.86. The third kappa shape index (κ3) is 3.63. The molecule has 122 valence electrons. The first kappa shape index (κ1) is 16.2. The molecular weight excluding hydrogens is 322 g/mol. The van der Waals surface area contributed by atoms with Crippen molar-refractivity contribution >= 4 is 34.7 Å². The summed E-state index contributed by atoms with van der Waals surface area (Å²) in [5.74, 6) is 1.04. The zero-order valence-corrected chi connectivity index (χ0v) is 14.5. The summed E-state index contributed by atoms with van der Waals surface area (Å²) in [5.41, 5.74) is 5.21. The number of halogens is 1. The Bertz CT molecular complexity index is 859. The van der Waals surface area contributed by atoms with Crippen molar-refractivity contribution in [1.82, 2.24) is 15.2 Å². The van der Waals surface area contributed by atoms with Crippen molar-refractivity contribution in [2.24, 2.45) is 0 Å². The molecule has 0 atom stereocenters. The van der Waals surface area contributed by atoms with Crippen molar-refractivity contribution in [2.75, 3.05) is 10.6 Å². The predicted octanol–water partition coefficient (Wildman–Crippen LogP) is 4.94. The zero-order chi connectivity index (χ0) is 17.1. The second-order valence-electron chi connectivity index (χ2n) is 5.64. The molecule has 5 nitrogen and oxygen atoms in total. The van der Waals surface area contributed by atoms with Gasteiger partial charge in [-0.05, 0) is 49.6 Å². The van der Waals surface area contributed by atoms with E-state index in [9.17, 15) is 0 Å². The molecule has 0 fully saturated rings. The molecule has 0 radical (unpaired) electrons. The van der Waals surface area contributed by atoms with Crippen molar-refractivity contribution in [3.63, 3.8) is 0 Å². The molecule has 1 aromatic heterocycles. The third-order valence-corrected chi connectivity index (χ3v) is 3.97. The summed E-state index contributed by atoms with van der Waals surface area (Å²) in [4.78, 5) is 4.48. The second-order valence-corrected chi connectivity index (χ2v) is 6.08. The average molecular weight is 340 g/mol. The summed E-state index contributed by atoms with van der Waals surface area (Å²) < 4.78 is 0. The lowest BCUT2D eigenvalue weighted by molar-refractivity contribution is 0.980. The molecule has 0 aliphatic carbocycles. The van der Waals surface area contributed by atoms with Gasteiger partial charge in [0.15, 0.2) is 5.82 Å². The van der Waals surface area contributed by atoms with Crippen LogP contribution in [0, 0.1) is 20.8 Å². The summed E-state index contributed by atoms with van der Waals surface area (Å²) in [5, 5.41) is 15.2. The number of nitrogens with zero attached hydrogens (tertiary/aromatic N) is 3. The van der Waals surface area contributed by atoms with Crippen LogP contribution in [0.1, 0.15) is 16.7 Å². The maximum Gasteiger partial charge on any atom is 0.249 e. The van der Waals surface area contributed by atoms with Gasteiger partial charge in [-0.2, -0.15) is 10.1 Å². The monoisotopic (exact) mass is 339 g/mol. The molecule has 3 aromatic rings. The van der Waals surface area contributed by atoms with Crippen molar-refractivity contribution < 1.29 is 0 Å². The van der Waals surface area contributed by atoms with Crippen molar-refractivity contribution in [1.29, 1.82) is 0 Å². The van der Waals surface area contributed by atoms with E-state index >= 15 is 0 Å². The molecule has 0 aliphatic heterocycles. The van der Waals surface area contributed by atoms with Crippen LogP contribution in [0.5, 0.6) is 0 Å².